The molecule has 4 nitrogen and oxygen atoms in total. The summed E-state index contributed by atoms with van der Waals surface area (Å²) in [6.45, 7) is 3.30. The third kappa shape index (κ3) is 4.57. The van der Waals surface area contributed by atoms with Gasteiger partial charge in [-0.15, -0.1) is 0 Å². The predicted octanol–water partition coefficient (Wildman–Crippen LogP) is 3.28. The molecular weight excluding hydrogens is 343 g/mol. The second-order valence-electron chi connectivity index (χ2n) is 5.90. The summed E-state index contributed by atoms with van der Waals surface area (Å²) in [6, 6.07) is 13.1. The molecule has 25 heavy (non-hydrogen) atoms. The summed E-state index contributed by atoms with van der Waals surface area (Å²) in [7, 11) is 0. The van der Waals surface area contributed by atoms with E-state index >= 15 is 0 Å². The molecular formula is C19H20ClFN2O2. The number of hydrogen-bond acceptors (Lipinski definition) is 3. The normalized spacial score (nSPS) is 16.4. The Bertz CT molecular complexity index is 718. The van der Waals surface area contributed by atoms with Crippen LogP contribution in [-0.4, -0.2) is 43.7 Å². The van der Waals surface area contributed by atoms with Crippen LogP contribution in [0, 0.1) is 5.82 Å². The van der Waals surface area contributed by atoms with Crippen LogP contribution < -0.4 is 5.32 Å². The van der Waals surface area contributed by atoms with Crippen molar-refractivity contribution >= 4 is 17.5 Å². The lowest BCUT2D eigenvalue weighted by Crippen LogP contribution is -2.44. The van der Waals surface area contributed by atoms with Crippen molar-refractivity contribution in [3.63, 3.8) is 0 Å². The van der Waals surface area contributed by atoms with E-state index in [1.165, 1.54) is 24.3 Å². The lowest BCUT2D eigenvalue weighted by molar-refractivity contribution is 0.0162. The Labute approximate surface area is 151 Å². The van der Waals surface area contributed by atoms with Gasteiger partial charge in [0.05, 0.1) is 19.3 Å². The van der Waals surface area contributed by atoms with Crippen LogP contribution in [0.1, 0.15) is 22.0 Å². The molecule has 6 heteroatoms. The second-order valence-corrected chi connectivity index (χ2v) is 6.31. The molecule has 0 bridgehead atoms. The number of carbonyl (C=O) groups excluding carboxylic acids is 1. The number of hydrogen-bond donors (Lipinski definition) is 1. The Morgan fingerprint density at radius 3 is 2.52 bits per heavy atom. The zero-order valence-electron chi connectivity index (χ0n) is 13.8. The van der Waals surface area contributed by atoms with Gasteiger partial charge in [0, 0.05) is 30.2 Å². The number of amides is 1. The summed E-state index contributed by atoms with van der Waals surface area (Å²) >= 11 is 6.38. The highest BCUT2D eigenvalue weighted by molar-refractivity contribution is 6.31. The van der Waals surface area contributed by atoms with Crippen LogP contribution in [0.25, 0.3) is 0 Å². The molecule has 2 aromatic rings. The van der Waals surface area contributed by atoms with Gasteiger partial charge in [0.1, 0.15) is 5.82 Å². The van der Waals surface area contributed by atoms with Gasteiger partial charge in [-0.3, -0.25) is 9.69 Å². The second kappa shape index (κ2) is 8.43. The van der Waals surface area contributed by atoms with Crippen molar-refractivity contribution in [1.82, 2.24) is 10.2 Å². The van der Waals surface area contributed by atoms with Crippen molar-refractivity contribution < 1.29 is 13.9 Å². The van der Waals surface area contributed by atoms with Gasteiger partial charge in [-0.1, -0.05) is 29.8 Å². The third-order valence-electron chi connectivity index (χ3n) is 4.31. The van der Waals surface area contributed by atoms with E-state index < -0.39 is 0 Å². The molecule has 1 N–H and O–H groups in total. The van der Waals surface area contributed by atoms with Gasteiger partial charge in [0.2, 0.25) is 0 Å². The van der Waals surface area contributed by atoms with E-state index in [1.807, 2.05) is 24.3 Å². The van der Waals surface area contributed by atoms with Crippen molar-refractivity contribution in [3.8, 4) is 0 Å². The van der Waals surface area contributed by atoms with Crippen LogP contribution in [0.2, 0.25) is 5.02 Å². The Balaban J connectivity index is 1.74. The van der Waals surface area contributed by atoms with Gasteiger partial charge in [-0.25, -0.2) is 4.39 Å². The number of halogens is 2. The average molecular weight is 363 g/mol. The molecule has 132 valence electrons. The average Bonchev–Trinajstić information content (AvgIpc) is 2.64. The van der Waals surface area contributed by atoms with Crippen LogP contribution in [0.4, 0.5) is 4.39 Å². The fraction of sp³-hybridized carbons (Fsp3) is 0.316. The van der Waals surface area contributed by atoms with Crippen LogP contribution in [0.5, 0.6) is 0 Å². The lowest BCUT2D eigenvalue weighted by atomic mass is 10.0. The van der Waals surface area contributed by atoms with Gasteiger partial charge in [-0.05, 0) is 35.9 Å². The molecule has 0 aromatic heterocycles. The standard InChI is InChI=1S/C19H20ClFN2O2/c20-17-4-2-1-3-16(17)18(23-9-11-25-12-10-23)13-22-19(24)14-5-7-15(21)8-6-14/h1-8,18H,9-13H2,(H,22,24)/t18-/m0/s1. The topological polar surface area (TPSA) is 41.6 Å². The maximum atomic E-state index is 13.0. The smallest absolute Gasteiger partial charge is 0.251 e. The Morgan fingerprint density at radius 1 is 1.16 bits per heavy atom. The van der Waals surface area contributed by atoms with E-state index in [0.717, 1.165) is 18.7 Å². The van der Waals surface area contributed by atoms with Crippen molar-refractivity contribution in [1.29, 1.82) is 0 Å². The summed E-state index contributed by atoms with van der Waals surface area (Å²) in [5.74, 6) is -0.593. The number of morpholine rings is 1. The van der Waals surface area contributed by atoms with Gasteiger partial charge in [0.15, 0.2) is 0 Å². The quantitative estimate of drug-likeness (QED) is 0.887. The van der Waals surface area contributed by atoms with E-state index in [2.05, 4.69) is 10.2 Å². The maximum Gasteiger partial charge on any atom is 0.251 e. The van der Waals surface area contributed by atoms with Gasteiger partial charge < -0.3 is 10.1 Å². The first-order valence-electron chi connectivity index (χ1n) is 8.25. The first kappa shape index (κ1) is 17.9. The molecule has 1 saturated heterocycles. The maximum absolute atomic E-state index is 13.0. The molecule has 1 fully saturated rings. The van der Waals surface area contributed by atoms with Crippen molar-refractivity contribution in [2.45, 2.75) is 6.04 Å². The summed E-state index contributed by atoms with van der Waals surface area (Å²) in [5.41, 5.74) is 1.41. The minimum absolute atomic E-state index is 0.0398. The number of benzene rings is 2. The minimum Gasteiger partial charge on any atom is -0.379 e. The van der Waals surface area contributed by atoms with Gasteiger partial charge in [0.25, 0.3) is 5.91 Å². The van der Waals surface area contributed by atoms with Crippen LogP contribution in [0.15, 0.2) is 48.5 Å². The fourth-order valence-electron chi connectivity index (χ4n) is 2.96. The van der Waals surface area contributed by atoms with Gasteiger partial charge in [-0.2, -0.15) is 0 Å². The van der Waals surface area contributed by atoms with E-state index in [4.69, 9.17) is 16.3 Å². The largest absolute Gasteiger partial charge is 0.379 e. The number of carbonyl (C=O) groups is 1. The Morgan fingerprint density at radius 2 is 1.84 bits per heavy atom. The molecule has 0 saturated carbocycles. The molecule has 1 aliphatic heterocycles. The molecule has 2 aromatic carbocycles. The van der Waals surface area contributed by atoms with Crippen molar-refractivity contribution in [2.75, 3.05) is 32.8 Å². The molecule has 1 amide bonds. The SMILES string of the molecule is O=C(NC[C@@H](c1ccccc1Cl)N1CCOCC1)c1ccc(F)cc1. The molecule has 0 aliphatic carbocycles. The summed E-state index contributed by atoms with van der Waals surface area (Å²) < 4.78 is 18.4. The number of nitrogens with one attached hydrogen (secondary N) is 1. The molecule has 3 rings (SSSR count). The first-order chi connectivity index (χ1) is 12.1. The molecule has 1 atom stereocenters. The monoisotopic (exact) mass is 362 g/mol. The van der Waals surface area contributed by atoms with Crippen LogP contribution in [0.3, 0.4) is 0 Å². The van der Waals surface area contributed by atoms with E-state index in [9.17, 15) is 9.18 Å². The van der Waals surface area contributed by atoms with E-state index in [-0.39, 0.29) is 17.8 Å². The predicted molar refractivity (Wildman–Crippen MR) is 95.3 cm³/mol. The number of rotatable bonds is 5. The first-order valence-corrected chi connectivity index (χ1v) is 8.63. The van der Waals surface area contributed by atoms with Gasteiger partial charge >= 0.3 is 0 Å². The highest BCUT2D eigenvalue weighted by Gasteiger charge is 2.25. The van der Waals surface area contributed by atoms with Crippen LogP contribution in [-0.2, 0) is 4.74 Å². The Kier molecular flexibility index (Phi) is 6.02. The summed E-state index contributed by atoms with van der Waals surface area (Å²) in [4.78, 5) is 14.6. The molecule has 1 aliphatic rings. The highest BCUT2D eigenvalue weighted by Crippen LogP contribution is 2.27. The zero-order chi connectivity index (χ0) is 17.6. The highest BCUT2D eigenvalue weighted by atomic mass is 35.5. The summed E-state index contributed by atoms with van der Waals surface area (Å²) in [5, 5.41) is 3.61. The third-order valence-corrected chi connectivity index (χ3v) is 4.66. The molecule has 1 heterocycles. The van der Waals surface area contributed by atoms with Crippen molar-refractivity contribution in [3.05, 3.63) is 70.5 Å². The molecule has 0 radical (unpaired) electrons. The molecule has 0 unspecified atom stereocenters. The lowest BCUT2D eigenvalue weighted by Gasteiger charge is -2.35. The molecule has 0 spiro atoms. The number of nitrogens with zero attached hydrogens (tertiary/aromatic N) is 1. The van der Waals surface area contributed by atoms with E-state index in [1.54, 1.807) is 0 Å². The zero-order valence-corrected chi connectivity index (χ0v) is 14.5. The fourth-order valence-corrected chi connectivity index (χ4v) is 3.22. The summed E-state index contributed by atoms with van der Waals surface area (Å²) in [6.07, 6.45) is 0. The van der Waals surface area contributed by atoms with Crippen molar-refractivity contribution in [2.24, 2.45) is 0 Å². The minimum atomic E-state index is -0.362. The van der Waals surface area contributed by atoms with Crippen LogP contribution >= 0.6 is 11.6 Å². The van der Waals surface area contributed by atoms with E-state index in [0.29, 0.717) is 30.3 Å². The Hall–Kier alpha value is -1.95. The number of ether oxygens (including phenoxy) is 1.